The lowest BCUT2D eigenvalue weighted by atomic mass is 10.1. The smallest absolute Gasteiger partial charge is 0.338 e. The van der Waals surface area contributed by atoms with Crippen LogP contribution in [-0.2, 0) is 37.9 Å². The van der Waals surface area contributed by atoms with Gasteiger partial charge in [-0.1, -0.05) is 72.8 Å². The molecule has 0 aliphatic rings. The summed E-state index contributed by atoms with van der Waals surface area (Å²) in [6, 6.07) is 45.9. The van der Waals surface area contributed by atoms with Crippen molar-refractivity contribution in [1.29, 1.82) is 0 Å². The van der Waals surface area contributed by atoms with E-state index in [-0.39, 0.29) is 60.2 Å². The van der Waals surface area contributed by atoms with E-state index in [1.807, 2.05) is 78.9 Å². The number of esters is 4. The molecule has 7 rings (SSSR count). The van der Waals surface area contributed by atoms with Gasteiger partial charge in [-0.25, -0.2) is 19.2 Å². The average molecular weight is 997 g/mol. The van der Waals surface area contributed by atoms with E-state index in [1.165, 1.54) is 0 Å². The van der Waals surface area contributed by atoms with Crippen molar-refractivity contribution in [3.8, 4) is 23.0 Å². The van der Waals surface area contributed by atoms with Crippen molar-refractivity contribution in [2.75, 3.05) is 60.2 Å². The first kappa shape index (κ1) is 52.8. The van der Waals surface area contributed by atoms with Gasteiger partial charge in [0.05, 0.1) is 47.2 Å². The van der Waals surface area contributed by atoms with Gasteiger partial charge < -0.3 is 56.8 Å². The molecular weight excluding hydrogens is 941 g/mol. The molecule has 7 aromatic rings. The fourth-order valence-corrected chi connectivity index (χ4v) is 6.85. The number of hydrogen-bond donors (Lipinski definition) is 0. The molecule has 3 atom stereocenters. The fourth-order valence-electron chi connectivity index (χ4n) is 6.85. The van der Waals surface area contributed by atoms with E-state index in [0.29, 0.717) is 45.3 Å². The molecule has 0 heterocycles. The molecule has 0 aliphatic heterocycles. The standard InChI is InChI=1S/C57H56O16/c1-39(67-36-70-47-24-18-44(19-25-47)54(58)63-31-30-62-35-73-53-17-9-13-43-11-5-7-15-51(43)53)32-64-55(59)45-20-26-48(27-21-45)71-37-68-40(2)33-65-56(60)46-22-28-49(29-23-46)72-38-69-41(3)34-66-57(61)52-16-8-12-42-10-4-6-14-50(42)52/h4-29,39-41H,30-38H2,1-3H3. The maximum Gasteiger partial charge on any atom is 0.338 e. The lowest BCUT2D eigenvalue weighted by Crippen LogP contribution is -2.21. The Labute approximate surface area is 422 Å². The molecule has 73 heavy (non-hydrogen) atoms. The highest BCUT2D eigenvalue weighted by molar-refractivity contribution is 6.04. The van der Waals surface area contributed by atoms with Crippen LogP contribution >= 0.6 is 0 Å². The van der Waals surface area contributed by atoms with Crippen LogP contribution in [0.1, 0.15) is 62.2 Å². The van der Waals surface area contributed by atoms with Crippen LogP contribution in [-0.4, -0.2) is 102 Å². The molecule has 0 amide bonds. The second-order valence-corrected chi connectivity index (χ2v) is 16.4. The summed E-state index contributed by atoms with van der Waals surface area (Å²) in [6.07, 6.45) is -1.38. The van der Waals surface area contributed by atoms with E-state index in [0.717, 1.165) is 21.5 Å². The van der Waals surface area contributed by atoms with Gasteiger partial charge in [0, 0.05) is 5.39 Å². The van der Waals surface area contributed by atoms with Gasteiger partial charge in [-0.15, -0.1) is 0 Å². The SMILES string of the molecule is CC(COC(=O)c1ccc(OCOC(C)COC(=O)c2ccc(OCOC(C)COC(=O)c3cccc4ccccc34)cc2)cc1)OCOc1ccc(C(=O)OCCOCOc2cccc3ccccc23)cc1. The highest BCUT2D eigenvalue weighted by Gasteiger charge is 2.16. The van der Waals surface area contributed by atoms with Crippen molar-refractivity contribution >= 4 is 45.4 Å². The van der Waals surface area contributed by atoms with Crippen molar-refractivity contribution in [3.05, 3.63) is 180 Å². The monoisotopic (exact) mass is 996 g/mol. The van der Waals surface area contributed by atoms with E-state index >= 15 is 0 Å². The highest BCUT2D eigenvalue weighted by Crippen LogP contribution is 2.25. The molecule has 0 aliphatic carbocycles. The molecule has 3 unspecified atom stereocenters. The molecule has 0 bridgehead atoms. The fraction of sp³-hybridized carbons (Fsp3) is 0.263. The molecule has 0 fully saturated rings. The van der Waals surface area contributed by atoms with E-state index in [4.69, 9.17) is 56.8 Å². The number of carbonyl (C=O) groups is 4. The van der Waals surface area contributed by atoms with Gasteiger partial charge in [0.25, 0.3) is 0 Å². The van der Waals surface area contributed by atoms with Crippen LogP contribution in [0, 0.1) is 0 Å². The number of ether oxygens (including phenoxy) is 12. The van der Waals surface area contributed by atoms with Crippen LogP contribution < -0.4 is 18.9 Å². The summed E-state index contributed by atoms with van der Waals surface area (Å²) in [7, 11) is 0. The third-order valence-corrected chi connectivity index (χ3v) is 10.9. The quantitative estimate of drug-likeness (QED) is 0.0196. The molecule has 0 N–H and O–H groups in total. The van der Waals surface area contributed by atoms with Gasteiger partial charge >= 0.3 is 23.9 Å². The largest absolute Gasteiger partial charge is 0.468 e. The van der Waals surface area contributed by atoms with E-state index in [1.54, 1.807) is 99.6 Å². The number of rotatable bonds is 28. The Bertz CT molecular complexity index is 2860. The topological polar surface area (TPSA) is 179 Å². The van der Waals surface area contributed by atoms with Crippen LogP contribution in [0.4, 0.5) is 0 Å². The lowest BCUT2D eigenvalue weighted by Gasteiger charge is -2.15. The lowest BCUT2D eigenvalue weighted by molar-refractivity contribution is -0.0548. The number of fused-ring (bicyclic) bond motifs is 2. The van der Waals surface area contributed by atoms with Gasteiger partial charge in [0.1, 0.15) is 49.4 Å². The van der Waals surface area contributed by atoms with Crippen molar-refractivity contribution in [2.45, 2.75) is 39.1 Å². The minimum atomic E-state index is -0.547. The predicted octanol–water partition coefficient (Wildman–Crippen LogP) is 10.00. The van der Waals surface area contributed by atoms with E-state index in [9.17, 15) is 19.2 Å². The van der Waals surface area contributed by atoms with Gasteiger partial charge in [0.2, 0.25) is 0 Å². The second-order valence-electron chi connectivity index (χ2n) is 16.4. The zero-order valence-electron chi connectivity index (χ0n) is 40.6. The van der Waals surface area contributed by atoms with Gasteiger partial charge in [0.15, 0.2) is 27.2 Å². The van der Waals surface area contributed by atoms with Gasteiger partial charge in [-0.05, 0) is 122 Å². The van der Waals surface area contributed by atoms with Crippen molar-refractivity contribution < 1.29 is 76.0 Å². The molecule has 16 nitrogen and oxygen atoms in total. The van der Waals surface area contributed by atoms with E-state index in [2.05, 4.69) is 0 Å². The summed E-state index contributed by atoms with van der Waals surface area (Å²) in [5.41, 5.74) is 1.46. The third kappa shape index (κ3) is 16.5. The molecular formula is C57H56O16. The zero-order chi connectivity index (χ0) is 51.2. The van der Waals surface area contributed by atoms with Gasteiger partial charge in [-0.3, -0.25) is 0 Å². The Kier molecular flexibility index (Phi) is 19.9. The third-order valence-electron chi connectivity index (χ3n) is 10.9. The number of hydrogen-bond acceptors (Lipinski definition) is 16. The summed E-state index contributed by atoms with van der Waals surface area (Å²) in [4.78, 5) is 50.5. The molecule has 0 saturated heterocycles. The van der Waals surface area contributed by atoms with Crippen LogP contribution in [0.5, 0.6) is 23.0 Å². The Morgan fingerprint density at radius 2 is 0.767 bits per heavy atom. The molecule has 0 spiro atoms. The molecule has 7 aromatic carbocycles. The Balaban J connectivity index is 0.691. The van der Waals surface area contributed by atoms with Crippen molar-refractivity contribution in [3.63, 3.8) is 0 Å². The Hall–Kier alpha value is -8.02. The molecule has 16 heteroatoms. The zero-order valence-corrected chi connectivity index (χ0v) is 40.6. The molecule has 0 saturated carbocycles. The number of benzene rings is 7. The van der Waals surface area contributed by atoms with Crippen LogP contribution in [0.25, 0.3) is 21.5 Å². The summed E-state index contributed by atoms with van der Waals surface area (Å²) in [6.45, 7) is 5.15. The van der Waals surface area contributed by atoms with Gasteiger partial charge in [-0.2, -0.15) is 0 Å². The molecule has 0 aromatic heterocycles. The second kappa shape index (κ2) is 27.5. The first-order valence-electron chi connectivity index (χ1n) is 23.5. The molecule has 0 radical (unpaired) electrons. The Morgan fingerprint density at radius 1 is 0.370 bits per heavy atom. The van der Waals surface area contributed by atoms with Crippen molar-refractivity contribution in [2.24, 2.45) is 0 Å². The highest BCUT2D eigenvalue weighted by atomic mass is 16.7. The average Bonchev–Trinajstić information content (AvgIpc) is 3.42. The summed E-state index contributed by atoms with van der Waals surface area (Å²) in [5.74, 6) is 0.0825. The summed E-state index contributed by atoms with van der Waals surface area (Å²) < 4.78 is 66.6. The minimum absolute atomic E-state index is 0.0191. The summed E-state index contributed by atoms with van der Waals surface area (Å²) >= 11 is 0. The van der Waals surface area contributed by atoms with E-state index < -0.39 is 42.2 Å². The first-order chi connectivity index (χ1) is 35.6. The van der Waals surface area contributed by atoms with Crippen LogP contribution in [0.2, 0.25) is 0 Å². The van der Waals surface area contributed by atoms with Crippen molar-refractivity contribution in [1.82, 2.24) is 0 Å². The Morgan fingerprint density at radius 3 is 1.26 bits per heavy atom. The van der Waals surface area contributed by atoms with Crippen LogP contribution in [0.3, 0.4) is 0 Å². The number of carbonyl (C=O) groups excluding carboxylic acids is 4. The first-order valence-corrected chi connectivity index (χ1v) is 23.5. The maximum atomic E-state index is 12.7. The predicted molar refractivity (Wildman–Crippen MR) is 268 cm³/mol. The van der Waals surface area contributed by atoms with Crippen LogP contribution in [0.15, 0.2) is 158 Å². The minimum Gasteiger partial charge on any atom is -0.468 e. The summed E-state index contributed by atoms with van der Waals surface area (Å²) in [5, 5.41) is 3.83. The normalized spacial score (nSPS) is 12.3. The maximum absolute atomic E-state index is 12.7. The molecule has 380 valence electrons.